The van der Waals surface area contributed by atoms with Crippen molar-refractivity contribution in [2.24, 2.45) is 4.99 Å². The first-order chi connectivity index (χ1) is 10.6. The fourth-order valence-electron chi connectivity index (χ4n) is 2.39. The molecular formula is C16H29N5O2. The maximum Gasteiger partial charge on any atom is 0.239 e. The van der Waals surface area contributed by atoms with E-state index in [0.717, 1.165) is 17.0 Å². The summed E-state index contributed by atoms with van der Waals surface area (Å²) >= 11 is 0. The number of aryl methyl sites for hydroxylation is 2. The summed E-state index contributed by atoms with van der Waals surface area (Å²) in [6.45, 7) is 12.6. The van der Waals surface area contributed by atoms with E-state index < -0.39 is 0 Å². The van der Waals surface area contributed by atoms with Crippen LogP contribution in [0.2, 0.25) is 0 Å². The molecule has 1 aromatic rings. The lowest BCUT2D eigenvalue weighted by Crippen LogP contribution is -2.48. The first kappa shape index (κ1) is 19.0. The van der Waals surface area contributed by atoms with Gasteiger partial charge in [-0.05, 0) is 34.6 Å². The van der Waals surface area contributed by atoms with Gasteiger partial charge in [0.1, 0.15) is 5.76 Å². The molecule has 3 N–H and O–H groups in total. The van der Waals surface area contributed by atoms with E-state index >= 15 is 0 Å². The summed E-state index contributed by atoms with van der Waals surface area (Å²) < 4.78 is 5.20. The Labute approximate surface area is 138 Å². The number of hydrogen-bond acceptors (Lipinski definition) is 4. The number of aliphatic imine (C=N–C) groups is 1. The van der Waals surface area contributed by atoms with Crippen molar-refractivity contribution in [1.29, 1.82) is 0 Å². The fraction of sp³-hybridized carbons (Fsp3) is 0.688. The van der Waals surface area contributed by atoms with Crippen LogP contribution in [0.1, 0.15) is 50.6 Å². The molecule has 0 aromatic carbocycles. The lowest BCUT2D eigenvalue weighted by Gasteiger charge is -2.21. The van der Waals surface area contributed by atoms with E-state index in [4.69, 9.17) is 4.52 Å². The molecule has 1 amide bonds. The first-order valence-corrected chi connectivity index (χ1v) is 7.82. The van der Waals surface area contributed by atoms with E-state index in [0.29, 0.717) is 12.5 Å². The molecule has 0 radical (unpaired) electrons. The Balaban J connectivity index is 2.47. The van der Waals surface area contributed by atoms with Crippen molar-refractivity contribution < 1.29 is 9.32 Å². The van der Waals surface area contributed by atoms with Crippen molar-refractivity contribution in [3.05, 3.63) is 17.0 Å². The molecule has 7 heteroatoms. The van der Waals surface area contributed by atoms with E-state index in [9.17, 15) is 4.79 Å². The molecule has 0 spiro atoms. The molecule has 0 aliphatic carbocycles. The van der Waals surface area contributed by atoms with Crippen LogP contribution in [0.3, 0.4) is 0 Å². The maximum atomic E-state index is 11.8. The highest BCUT2D eigenvalue weighted by Crippen LogP contribution is 2.22. The monoisotopic (exact) mass is 323 g/mol. The van der Waals surface area contributed by atoms with Crippen LogP contribution >= 0.6 is 0 Å². The molecule has 0 aliphatic heterocycles. The van der Waals surface area contributed by atoms with Gasteiger partial charge in [0, 0.05) is 30.6 Å². The van der Waals surface area contributed by atoms with Crippen LogP contribution in [0.5, 0.6) is 0 Å². The largest absolute Gasteiger partial charge is 0.361 e. The zero-order valence-corrected chi connectivity index (χ0v) is 15.2. The second kappa shape index (κ2) is 7.99. The third-order valence-corrected chi connectivity index (χ3v) is 3.31. The number of rotatable bonds is 5. The smallest absolute Gasteiger partial charge is 0.239 e. The standard InChI is InChI=1S/C16H29N5O2/c1-10(14-11(2)21-23-12(14)3)8-18-15(17-7)19-9-13(22)20-16(4,5)6/h10H,8-9H2,1-7H3,(H,20,22)(H2,17,18,19). The summed E-state index contributed by atoms with van der Waals surface area (Å²) in [5.74, 6) is 1.58. The third-order valence-electron chi connectivity index (χ3n) is 3.31. The van der Waals surface area contributed by atoms with Crippen molar-refractivity contribution in [3.63, 3.8) is 0 Å². The number of carbonyl (C=O) groups excluding carboxylic acids is 1. The van der Waals surface area contributed by atoms with Crippen LogP contribution in [-0.2, 0) is 4.79 Å². The van der Waals surface area contributed by atoms with Gasteiger partial charge in [0.05, 0.1) is 12.2 Å². The molecule has 130 valence electrons. The Morgan fingerprint density at radius 3 is 2.43 bits per heavy atom. The topological polar surface area (TPSA) is 91.5 Å². The molecule has 7 nitrogen and oxygen atoms in total. The van der Waals surface area contributed by atoms with E-state index in [1.54, 1.807) is 7.05 Å². The maximum absolute atomic E-state index is 11.8. The van der Waals surface area contributed by atoms with Gasteiger partial charge in [0.25, 0.3) is 0 Å². The zero-order valence-electron chi connectivity index (χ0n) is 15.2. The Morgan fingerprint density at radius 1 is 1.30 bits per heavy atom. The number of nitrogens with one attached hydrogen (secondary N) is 3. The second-order valence-corrected chi connectivity index (χ2v) is 6.74. The quantitative estimate of drug-likeness (QED) is 0.564. The van der Waals surface area contributed by atoms with Crippen LogP contribution in [0.15, 0.2) is 9.52 Å². The van der Waals surface area contributed by atoms with E-state index in [1.165, 1.54) is 0 Å². The predicted molar refractivity (Wildman–Crippen MR) is 91.7 cm³/mol. The van der Waals surface area contributed by atoms with Crippen LogP contribution in [0.25, 0.3) is 0 Å². The fourth-order valence-corrected chi connectivity index (χ4v) is 2.39. The Bertz CT molecular complexity index is 538. The molecule has 0 bridgehead atoms. The molecule has 23 heavy (non-hydrogen) atoms. The Kier molecular flexibility index (Phi) is 6.60. The van der Waals surface area contributed by atoms with Gasteiger partial charge in [-0.15, -0.1) is 0 Å². The van der Waals surface area contributed by atoms with Gasteiger partial charge in [0.15, 0.2) is 5.96 Å². The SMILES string of the molecule is CN=C(NCC(=O)NC(C)(C)C)NCC(C)c1c(C)noc1C. The van der Waals surface area contributed by atoms with Crippen molar-refractivity contribution in [3.8, 4) is 0 Å². The van der Waals surface area contributed by atoms with E-state index in [2.05, 4.69) is 33.0 Å². The van der Waals surface area contributed by atoms with E-state index in [1.807, 2.05) is 34.6 Å². The second-order valence-electron chi connectivity index (χ2n) is 6.74. The van der Waals surface area contributed by atoms with Crippen molar-refractivity contribution in [1.82, 2.24) is 21.1 Å². The van der Waals surface area contributed by atoms with Crippen LogP contribution in [0.4, 0.5) is 0 Å². The van der Waals surface area contributed by atoms with Crippen LogP contribution < -0.4 is 16.0 Å². The van der Waals surface area contributed by atoms with Crippen LogP contribution in [-0.4, -0.2) is 42.7 Å². The Morgan fingerprint density at radius 2 is 1.96 bits per heavy atom. The lowest BCUT2D eigenvalue weighted by atomic mass is 10.00. The van der Waals surface area contributed by atoms with Gasteiger partial charge >= 0.3 is 0 Å². The summed E-state index contributed by atoms with van der Waals surface area (Å²) in [6, 6.07) is 0. The lowest BCUT2D eigenvalue weighted by molar-refractivity contribution is -0.121. The minimum atomic E-state index is -0.242. The summed E-state index contributed by atoms with van der Waals surface area (Å²) in [5.41, 5.74) is 1.77. The highest BCUT2D eigenvalue weighted by molar-refractivity contribution is 5.86. The van der Waals surface area contributed by atoms with Crippen molar-refractivity contribution >= 4 is 11.9 Å². The number of aromatic nitrogens is 1. The number of nitrogens with zero attached hydrogens (tertiary/aromatic N) is 2. The number of carbonyl (C=O) groups is 1. The Hall–Kier alpha value is -2.05. The number of guanidine groups is 1. The summed E-state index contributed by atoms with van der Waals surface area (Å²) in [4.78, 5) is 15.9. The highest BCUT2D eigenvalue weighted by atomic mass is 16.5. The van der Waals surface area contributed by atoms with Gasteiger partial charge in [-0.3, -0.25) is 9.79 Å². The molecule has 1 rings (SSSR count). The summed E-state index contributed by atoms with van der Waals surface area (Å²) in [6.07, 6.45) is 0. The molecule has 0 aliphatic rings. The molecule has 1 heterocycles. The average Bonchev–Trinajstić information content (AvgIpc) is 2.76. The molecule has 0 saturated heterocycles. The van der Waals surface area contributed by atoms with Crippen molar-refractivity contribution in [2.75, 3.05) is 20.1 Å². The molecule has 0 saturated carbocycles. The van der Waals surface area contributed by atoms with Gasteiger partial charge in [-0.25, -0.2) is 0 Å². The minimum absolute atomic E-state index is 0.0702. The minimum Gasteiger partial charge on any atom is -0.361 e. The molecule has 1 unspecified atom stereocenters. The van der Waals surface area contributed by atoms with Crippen molar-refractivity contribution in [2.45, 2.75) is 53.0 Å². The third kappa shape index (κ3) is 6.30. The zero-order chi connectivity index (χ0) is 17.6. The predicted octanol–water partition coefficient (Wildman–Crippen LogP) is 1.47. The van der Waals surface area contributed by atoms with Crippen LogP contribution in [0, 0.1) is 13.8 Å². The summed E-state index contributed by atoms with van der Waals surface area (Å²) in [5, 5.41) is 13.1. The van der Waals surface area contributed by atoms with E-state index in [-0.39, 0.29) is 23.9 Å². The van der Waals surface area contributed by atoms with Gasteiger partial charge in [-0.1, -0.05) is 12.1 Å². The molecular weight excluding hydrogens is 294 g/mol. The van der Waals surface area contributed by atoms with Gasteiger partial charge in [-0.2, -0.15) is 0 Å². The van der Waals surface area contributed by atoms with Gasteiger partial charge < -0.3 is 20.5 Å². The number of amides is 1. The normalized spacial score (nSPS) is 13.6. The average molecular weight is 323 g/mol. The molecule has 1 atom stereocenters. The number of hydrogen-bond donors (Lipinski definition) is 3. The molecule has 1 aromatic heterocycles. The summed E-state index contributed by atoms with van der Waals surface area (Å²) in [7, 11) is 1.68. The van der Waals surface area contributed by atoms with Gasteiger partial charge in [0.2, 0.25) is 5.91 Å². The highest BCUT2D eigenvalue weighted by Gasteiger charge is 2.17. The first-order valence-electron chi connectivity index (χ1n) is 7.82. The molecule has 0 fully saturated rings.